The number of hydrogen-bond donors (Lipinski definition) is 0. The molecule has 0 saturated heterocycles. The molecule has 1 aromatic carbocycles. The molecule has 0 spiro atoms. The maximum atomic E-state index is 12.3. The summed E-state index contributed by atoms with van der Waals surface area (Å²) in [5, 5.41) is 0. The van der Waals surface area contributed by atoms with Crippen LogP contribution in [0.3, 0.4) is 0 Å². The van der Waals surface area contributed by atoms with Crippen molar-refractivity contribution < 1.29 is 23.8 Å². The van der Waals surface area contributed by atoms with Crippen molar-refractivity contribution in [2.45, 2.75) is 13.0 Å². The van der Waals surface area contributed by atoms with Crippen molar-refractivity contribution in [2.24, 2.45) is 0 Å². The van der Waals surface area contributed by atoms with Gasteiger partial charge in [0, 0.05) is 12.6 Å². The van der Waals surface area contributed by atoms with E-state index >= 15 is 0 Å². The summed E-state index contributed by atoms with van der Waals surface area (Å²) < 4.78 is 15.0. The Bertz CT molecular complexity index is 533. The number of carbonyl (C=O) groups excluding carboxylic acids is 2. The van der Waals surface area contributed by atoms with E-state index in [4.69, 9.17) is 21.1 Å². The third-order valence-corrected chi connectivity index (χ3v) is 3.19. The van der Waals surface area contributed by atoms with Gasteiger partial charge in [-0.1, -0.05) is 11.6 Å². The van der Waals surface area contributed by atoms with Gasteiger partial charge in [0.25, 0.3) is 0 Å². The molecule has 1 unspecified atom stereocenters. The molecule has 1 amide bonds. The van der Waals surface area contributed by atoms with Crippen LogP contribution >= 0.6 is 11.6 Å². The normalized spacial score (nSPS) is 13.8. The van der Waals surface area contributed by atoms with Crippen LogP contribution in [0.1, 0.15) is 17.3 Å². The Labute approximate surface area is 121 Å². The molecule has 7 heteroatoms. The highest BCUT2D eigenvalue weighted by Gasteiger charge is 2.26. The number of amides is 1. The standard InChI is InChI=1S/C13H14ClNO5/c1-8(15(2)13(17)18-6-14)12(16)9-3-4-10-11(5-9)20-7-19-10/h3-5,8H,6-7H2,1-2H3. The van der Waals surface area contributed by atoms with Gasteiger partial charge in [0.1, 0.15) is 0 Å². The largest absolute Gasteiger partial charge is 0.454 e. The molecule has 2 rings (SSSR count). The van der Waals surface area contributed by atoms with E-state index in [-0.39, 0.29) is 18.6 Å². The first-order valence-electron chi connectivity index (χ1n) is 5.94. The summed E-state index contributed by atoms with van der Waals surface area (Å²) in [6, 6.07) is 3.97. The molecular weight excluding hydrogens is 286 g/mol. The summed E-state index contributed by atoms with van der Waals surface area (Å²) in [5.41, 5.74) is 0.437. The summed E-state index contributed by atoms with van der Waals surface area (Å²) in [5.74, 6) is 0.899. The molecule has 0 saturated carbocycles. The minimum atomic E-state index is -0.675. The lowest BCUT2D eigenvalue weighted by Crippen LogP contribution is -2.40. The summed E-state index contributed by atoms with van der Waals surface area (Å²) in [7, 11) is 1.48. The van der Waals surface area contributed by atoms with E-state index in [2.05, 4.69) is 4.74 Å². The zero-order valence-electron chi connectivity index (χ0n) is 11.1. The highest BCUT2D eigenvalue weighted by atomic mass is 35.5. The monoisotopic (exact) mass is 299 g/mol. The number of rotatable bonds is 4. The van der Waals surface area contributed by atoms with E-state index in [0.29, 0.717) is 17.1 Å². The van der Waals surface area contributed by atoms with Gasteiger partial charge >= 0.3 is 6.09 Å². The predicted octanol–water partition coefficient (Wildman–Crippen LogP) is 2.25. The summed E-state index contributed by atoms with van der Waals surface area (Å²) in [6.45, 7) is 1.76. The molecule has 0 N–H and O–H groups in total. The molecule has 1 atom stereocenters. The molecule has 0 radical (unpaired) electrons. The smallest absolute Gasteiger partial charge is 0.411 e. The first-order valence-corrected chi connectivity index (χ1v) is 6.47. The van der Waals surface area contributed by atoms with Crippen molar-refractivity contribution >= 4 is 23.5 Å². The van der Waals surface area contributed by atoms with E-state index in [1.54, 1.807) is 25.1 Å². The molecular formula is C13H14ClNO5. The van der Waals surface area contributed by atoms with Crippen molar-refractivity contribution in [3.63, 3.8) is 0 Å². The number of fused-ring (bicyclic) bond motifs is 1. The Morgan fingerprint density at radius 2 is 2.10 bits per heavy atom. The summed E-state index contributed by atoms with van der Waals surface area (Å²) in [4.78, 5) is 25.0. The number of likely N-dealkylation sites (N-methyl/N-ethyl adjacent to an activating group) is 1. The van der Waals surface area contributed by atoms with E-state index < -0.39 is 12.1 Å². The van der Waals surface area contributed by atoms with Crippen LogP contribution in [0.5, 0.6) is 11.5 Å². The lowest BCUT2D eigenvalue weighted by Gasteiger charge is -2.22. The molecule has 1 aromatic rings. The van der Waals surface area contributed by atoms with Gasteiger partial charge in [0.2, 0.25) is 6.79 Å². The molecule has 6 nitrogen and oxygen atoms in total. The number of hydrogen-bond acceptors (Lipinski definition) is 5. The third kappa shape index (κ3) is 2.80. The zero-order valence-corrected chi connectivity index (χ0v) is 11.8. The average molecular weight is 300 g/mol. The highest BCUT2D eigenvalue weighted by Crippen LogP contribution is 2.32. The van der Waals surface area contributed by atoms with Crippen LogP contribution in [0.2, 0.25) is 0 Å². The molecule has 0 aliphatic carbocycles. The molecule has 20 heavy (non-hydrogen) atoms. The van der Waals surface area contributed by atoms with Crippen molar-refractivity contribution in [2.75, 3.05) is 19.9 Å². The van der Waals surface area contributed by atoms with Crippen LogP contribution < -0.4 is 9.47 Å². The predicted molar refractivity (Wildman–Crippen MR) is 71.3 cm³/mol. The third-order valence-electron chi connectivity index (χ3n) is 3.08. The average Bonchev–Trinajstić information content (AvgIpc) is 2.92. The Kier molecular flexibility index (Phi) is 4.34. The Balaban J connectivity index is 2.12. The van der Waals surface area contributed by atoms with Gasteiger partial charge in [0.05, 0.1) is 6.04 Å². The first kappa shape index (κ1) is 14.5. The fourth-order valence-electron chi connectivity index (χ4n) is 1.77. The fraction of sp³-hybridized carbons (Fsp3) is 0.385. The number of ether oxygens (including phenoxy) is 3. The number of benzene rings is 1. The highest BCUT2D eigenvalue weighted by molar-refractivity contribution is 6.17. The van der Waals surface area contributed by atoms with Gasteiger partial charge < -0.3 is 19.1 Å². The quantitative estimate of drug-likeness (QED) is 0.630. The van der Waals surface area contributed by atoms with Crippen molar-refractivity contribution in [3.05, 3.63) is 23.8 Å². The first-order chi connectivity index (χ1) is 9.54. The van der Waals surface area contributed by atoms with Crippen LogP contribution in [-0.4, -0.2) is 42.7 Å². The van der Waals surface area contributed by atoms with Crippen molar-refractivity contribution in [1.29, 1.82) is 0 Å². The minimum absolute atomic E-state index is 0.143. The lowest BCUT2D eigenvalue weighted by atomic mass is 10.0. The van der Waals surface area contributed by atoms with E-state index in [1.807, 2.05) is 0 Å². The number of ketones is 1. The molecule has 1 heterocycles. The van der Waals surface area contributed by atoms with Crippen LogP contribution in [0.15, 0.2) is 18.2 Å². The number of Topliss-reactive ketones (excluding diaryl/α,β-unsaturated/α-hetero) is 1. The SMILES string of the molecule is CC(C(=O)c1ccc2c(c1)OCO2)N(C)C(=O)OCCl. The molecule has 0 fully saturated rings. The van der Waals surface area contributed by atoms with Crippen LogP contribution in [-0.2, 0) is 4.74 Å². The van der Waals surface area contributed by atoms with Crippen LogP contribution in [0.4, 0.5) is 4.79 Å². The second-order valence-corrected chi connectivity index (χ2v) is 4.46. The van der Waals surface area contributed by atoms with E-state index in [9.17, 15) is 9.59 Å². The molecule has 1 aliphatic heterocycles. The van der Waals surface area contributed by atoms with E-state index in [1.165, 1.54) is 11.9 Å². The Morgan fingerprint density at radius 3 is 2.80 bits per heavy atom. The Morgan fingerprint density at radius 1 is 1.40 bits per heavy atom. The lowest BCUT2D eigenvalue weighted by molar-refractivity contribution is 0.0803. The maximum Gasteiger partial charge on any atom is 0.411 e. The molecule has 0 aromatic heterocycles. The van der Waals surface area contributed by atoms with Gasteiger partial charge in [-0.05, 0) is 25.1 Å². The summed E-state index contributed by atoms with van der Waals surface area (Å²) >= 11 is 5.32. The maximum absolute atomic E-state index is 12.3. The second-order valence-electron chi connectivity index (χ2n) is 4.24. The van der Waals surface area contributed by atoms with Crippen LogP contribution in [0.25, 0.3) is 0 Å². The number of nitrogens with zero attached hydrogens (tertiary/aromatic N) is 1. The van der Waals surface area contributed by atoms with Crippen molar-refractivity contribution in [1.82, 2.24) is 4.90 Å². The minimum Gasteiger partial charge on any atom is -0.454 e. The number of alkyl halides is 1. The van der Waals surface area contributed by atoms with Gasteiger partial charge in [-0.15, -0.1) is 0 Å². The van der Waals surface area contributed by atoms with Crippen LogP contribution in [0, 0.1) is 0 Å². The fourth-order valence-corrected chi connectivity index (χ4v) is 1.87. The van der Waals surface area contributed by atoms with Gasteiger partial charge in [-0.25, -0.2) is 4.79 Å². The second kappa shape index (κ2) is 6.00. The van der Waals surface area contributed by atoms with Gasteiger partial charge in [0.15, 0.2) is 23.3 Å². The number of halogens is 1. The molecule has 1 aliphatic rings. The zero-order chi connectivity index (χ0) is 14.7. The summed E-state index contributed by atoms with van der Waals surface area (Å²) in [6.07, 6.45) is -0.651. The van der Waals surface area contributed by atoms with E-state index in [0.717, 1.165) is 0 Å². The Hall–Kier alpha value is -1.95. The van der Waals surface area contributed by atoms with Gasteiger partial charge in [-0.3, -0.25) is 4.79 Å². The van der Waals surface area contributed by atoms with Gasteiger partial charge in [-0.2, -0.15) is 0 Å². The molecule has 0 bridgehead atoms. The molecule has 108 valence electrons. The topological polar surface area (TPSA) is 65.1 Å². The number of carbonyl (C=O) groups is 2. The van der Waals surface area contributed by atoms with Crippen molar-refractivity contribution in [3.8, 4) is 11.5 Å².